The Morgan fingerprint density at radius 1 is 1.32 bits per heavy atom. The highest BCUT2D eigenvalue weighted by molar-refractivity contribution is 5.93. The van der Waals surface area contributed by atoms with E-state index in [1.807, 2.05) is 26.2 Å². The van der Waals surface area contributed by atoms with Crippen LogP contribution < -0.4 is 0 Å². The number of carboxylic acids is 1. The molecule has 152 valence electrons. The number of hydrogen-bond donors (Lipinski definition) is 1. The lowest BCUT2D eigenvalue weighted by atomic mass is 9.90. The maximum atomic E-state index is 12.4. The van der Waals surface area contributed by atoms with Crippen LogP contribution in [0.3, 0.4) is 0 Å². The molecule has 1 fully saturated rings. The van der Waals surface area contributed by atoms with Gasteiger partial charge in [0.2, 0.25) is 0 Å². The maximum Gasteiger partial charge on any atom is 0.490 e. The average molecular weight is 400 g/mol. The molecule has 8 nitrogen and oxygen atoms in total. The van der Waals surface area contributed by atoms with Crippen LogP contribution in [0.2, 0.25) is 0 Å². The topological polar surface area (TPSA) is 99.8 Å². The fourth-order valence-electron chi connectivity index (χ4n) is 2.39. The van der Waals surface area contributed by atoms with Crippen molar-refractivity contribution in [3.05, 3.63) is 36.3 Å². The van der Waals surface area contributed by atoms with Crippen LogP contribution in [0, 0.1) is 0 Å². The summed E-state index contributed by atoms with van der Waals surface area (Å²) >= 11 is 0. The summed E-state index contributed by atoms with van der Waals surface area (Å²) in [5, 5.41) is 11.0. The first-order valence-electron chi connectivity index (χ1n) is 8.08. The number of aromatic nitrogens is 2. The standard InChI is InChI=1S/C15H18N4O2.C2HF3O2/c1-15(18(2)3)9-19(10-15)14(20)12-7-13(21-17-12)11-5-4-6-16-8-11;3-2(4,5)1(6)7/h4-8H,9-10H2,1-3H3;(H,6,7). The molecule has 0 aliphatic carbocycles. The van der Waals surface area contributed by atoms with Gasteiger partial charge in [0.25, 0.3) is 5.91 Å². The fraction of sp³-hybridized carbons (Fsp3) is 0.412. The van der Waals surface area contributed by atoms with Crippen LogP contribution in [-0.2, 0) is 4.79 Å². The molecule has 0 saturated carbocycles. The number of aliphatic carboxylic acids is 1. The molecule has 1 aliphatic rings. The molecule has 1 amide bonds. The third-order valence-electron chi connectivity index (χ3n) is 4.35. The Morgan fingerprint density at radius 3 is 2.39 bits per heavy atom. The summed E-state index contributed by atoms with van der Waals surface area (Å²) in [7, 11) is 4.05. The molecule has 2 aromatic rings. The molecule has 28 heavy (non-hydrogen) atoms. The van der Waals surface area contributed by atoms with Gasteiger partial charge >= 0.3 is 12.1 Å². The van der Waals surface area contributed by atoms with Crippen molar-refractivity contribution in [1.29, 1.82) is 0 Å². The van der Waals surface area contributed by atoms with Gasteiger partial charge in [0.15, 0.2) is 11.5 Å². The van der Waals surface area contributed by atoms with Gasteiger partial charge in [-0.05, 0) is 33.2 Å². The van der Waals surface area contributed by atoms with Gasteiger partial charge in [0, 0.05) is 37.1 Å². The molecule has 3 heterocycles. The van der Waals surface area contributed by atoms with Gasteiger partial charge in [-0.2, -0.15) is 13.2 Å². The quantitative estimate of drug-likeness (QED) is 0.843. The van der Waals surface area contributed by atoms with E-state index in [1.165, 1.54) is 0 Å². The number of alkyl halides is 3. The van der Waals surface area contributed by atoms with E-state index in [4.69, 9.17) is 14.4 Å². The SMILES string of the molecule is CN(C)C1(C)CN(C(=O)c2cc(-c3cccnc3)on2)C1.O=C(O)C(F)(F)F. The minimum Gasteiger partial charge on any atom is -0.475 e. The molecule has 1 N–H and O–H groups in total. The monoisotopic (exact) mass is 400 g/mol. The lowest BCUT2D eigenvalue weighted by Crippen LogP contribution is -2.68. The highest BCUT2D eigenvalue weighted by Crippen LogP contribution is 2.27. The molecule has 11 heteroatoms. The van der Waals surface area contributed by atoms with Gasteiger partial charge in [0.1, 0.15) is 0 Å². The van der Waals surface area contributed by atoms with Crippen molar-refractivity contribution >= 4 is 11.9 Å². The minimum absolute atomic E-state index is 0.0472. The highest BCUT2D eigenvalue weighted by atomic mass is 19.4. The summed E-state index contributed by atoms with van der Waals surface area (Å²) in [6.07, 6.45) is -1.71. The predicted molar refractivity (Wildman–Crippen MR) is 91.4 cm³/mol. The van der Waals surface area contributed by atoms with Crippen molar-refractivity contribution in [2.24, 2.45) is 0 Å². The van der Waals surface area contributed by atoms with Crippen molar-refractivity contribution in [3.8, 4) is 11.3 Å². The number of halogens is 3. The summed E-state index contributed by atoms with van der Waals surface area (Å²) in [5.41, 5.74) is 1.20. The van der Waals surface area contributed by atoms with Gasteiger partial charge in [-0.25, -0.2) is 4.79 Å². The molecular formula is C17H19F3N4O4. The predicted octanol–water partition coefficient (Wildman–Crippen LogP) is 2.15. The van der Waals surface area contributed by atoms with Crippen molar-refractivity contribution in [2.45, 2.75) is 18.6 Å². The van der Waals surface area contributed by atoms with E-state index in [1.54, 1.807) is 23.4 Å². The summed E-state index contributed by atoms with van der Waals surface area (Å²) in [6.45, 7) is 3.54. The largest absolute Gasteiger partial charge is 0.490 e. The second kappa shape index (κ2) is 7.97. The number of nitrogens with zero attached hydrogens (tertiary/aromatic N) is 4. The minimum atomic E-state index is -5.08. The number of pyridine rings is 1. The number of amides is 1. The molecule has 0 radical (unpaired) electrons. The number of likely N-dealkylation sites (N-methyl/N-ethyl adjacent to an activating group) is 1. The van der Waals surface area contributed by atoms with Gasteiger partial charge in [-0.15, -0.1) is 0 Å². The highest BCUT2D eigenvalue weighted by Gasteiger charge is 2.43. The number of carboxylic acid groups (broad SMARTS) is 1. The molecule has 3 rings (SSSR count). The molecule has 0 bridgehead atoms. The van der Waals surface area contributed by atoms with Gasteiger partial charge < -0.3 is 19.4 Å². The summed E-state index contributed by atoms with van der Waals surface area (Å²) in [4.78, 5) is 29.2. The first kappa shape index (κ1) is 21.4. The number of hydrogen-bond acceptors (Lipinski definition) is 6. The lowest BCUT2D eigenvalue weighted by Gasteiger charge is -2.51. The second-order valence-electron chi connectivity index (χ2n) is 6.67. The molecule has 2 aromatic heterocycles. The van der Waals surface area contributed by atoms with E-state index in [0.29, 0.717) is 24.5 Å². The van der Waals surface area contributed by atoms with Crippen molar-refractivity contribution in [2.75, 3.05) is 27.2 Å². The number of carbonyl (C=O) groups is 2. The smallest absolute Gasteiger partial charge is 0.475 e. The van der Waals surface area contributed by atoms with Crippen molar-refractivity contribution in [1.82, 2.24) is 19.9 Å². The molecule has 0 unspecified atom stereocenters. The fourth-order valence-corrected chi connectivity index (χ4v) is 2.39. The first-order chi connectivity index (χ1) is 12.9. The molecule has 1 aliphatic heterocycles. The molecular weight excluding hydrogens is 381 g/mol. The first-order valence-corrected chi connectivity index (χ1v) is 8.08. The van der Waals surface area contributed by atoms with Gasteiger partial charge in [-0.3, -0.25) is 9.78 Å². The Bertz CT molecular complexity index is 830. The van der Waals surface area contributed by atoms with Gasteiger partial charge in [-0.1, -0.05) is 5.16 Å². The van der Waals surface area contributed by atoms with Gasteiger partial charge in [0.05, 0.1) is 5.54 Å². The van der Waals surface area contributed by atoms with E-state index >= 15 is 0 Å². The zero-order valence-corrected chi connectivity index (χ0v) is 15.4. The zero-order chi connectivity index (χ0) is 21.1. The molecule has 0 aromatic carbocycles. The van der Waals surface area contributed by atoms with E-state index in [2.05, 4.69) is 22.0 Å². The third kappa shape index (κ3) is 4.85. The van der Waals surface area contributed by atoms with E-state index in [0.717, 1.165) is 5.56 Å². The maximum absolute atomic E-state index is 12.4. The normalized spacial score (nSPS) is 15.5. The summed E-state index contributed by atoms with van der Waals surface area (Å²) in [6, 6.07) is 5.36. The molecule has 0 spiro atoms. The van der Waals surface area contributed by atoms with E-state index in [9.17, 15) is 18.0 Å². The number of likely N-dealkylation sites (tertiary alicyclic amines) is 1. The lowest BCUT2D eigenvalue weighted by molar-refractivity contribution is -0.192. The Labute approximate surface area is 158 Å². The second-order valence-corrected chi connectivity index (χ2v) is 6.67. The van der Waals surface area contributed by atoms with Crippen LogP contribution in [0.25, 0.3) is 11.3 Å². The summed E-state index contributed by atoms with van der Waals surface area (Å²) in [5.74, 6) is -2.29. The summed E-state index contributed by atoms with van der Waals surface area (Å²) < 4.78 is 37.0. The number of carbonyl (C=O) groups excluding carboxylic acids is 1. The Kier molecular flexibility index (Phi) is 6.07. The van der Waals surface area contributed by atoms with E-state index < -0.39 is 12.1 Å². The zero-order valence-electron chi connectivity index (χ0n) is 15.4. The Hall–Kier alpha value is -2.95. The van der Waals surface area contributed by atoms with Crippen molar-refractivity contribution in [3.63, 3.8) is 0 Å². The molecule has 1 saturated heterocycles. The van der Waals surface area contributed by atoms with Crippen molar-refractivity contribution < 1.29 is 32.4 Å². The van der Waals surface area contributed by atoms with Crippen LogP contribution in [0.5, 0.6) is 0 Å². The van der Waals surface area contributed by atoms with E-state index in [-0.39, 0.29) is 11.4 Å². The third-order valence-corrected chi connectivity index (χ3v) is 4.35. The Balaban J connectivity index is 0.000000345. The van der Waals surface area contributed by atoms with Crippen LogP contribution in [0.1, 0.15) is 17.4 Å². The Morgan fingerprint density at radius 2 is 1.93 bits per heavy atom. The number of rotatable bonds is 3. The molecule has 0 atom stereocenters. The van der Waals surface area contributed by atoms with Crippen LogP contribution >= 0.6 is 0 Å². The van der Waals surface area contributed by atoms with Crippen LogP contribution in [0.4, 0.5) is 13.2 Å². The average Bonchev–Trinajstić information content (AvgIpc) is 3.09. The van der Waals surface area contributed by atoms with Crippen LogP contribution in [-0.4, -0.2) is 75.8 Å². The van der Waals surface area contributed by atoms with Crippen LogP contribution in [0.15, 0.2) is 35.1 Å².